The van der Waals surface area contributed by atoms with Gasteiger partial charge in [-0.1, -0.05) is 77.4 Å². The van der Waals surface area contributed by atoms with Gasteiger partial charge in [-0.05, 0) is 51.5 Å². The Morgan fingerprint density at radius 3 is 2.08 bits per heavy atom. The van der Waals surface area contributed by atoms with Crippen LogP contribution in [0.3, 0.4) is 0 Å². The Balaban J connectivity index is 2.68. The van der Waals surface area contributed by atoms with Crippen LogP contribution in [0.5, 0.6) is 0 Å². The largest absolute Gasteiger partial charge is 0.460 e. The molecule has 10 unspecified atom stereocenters. The first-order valence-electron chi connectivity index (χ1n) is 21.3. The van der Waals surface area contributed by atoms with E-state index >= 15 is 0 Å². The van der Waals surface area contributed by atoms with Crippen molar-refractivity contribution in [3.05, 3.63) is 47.5 Å². The maximum atomic E-state index is 14.2. The predicted molar refractivity (Wildman–Crippen MR) is 231 cm³/mol. The maximum Gasteiger partial charge on any atom is 0.334 e. The van der Waals surface area contributed by atoms with Crippen molar-refractivity contribution in [3.8, 4) is 12.3 Å². The highest BCUT2D eigenvalue weighted by atomic mass is 16.6. The summed E-state index contributed by atoms with van der Waals surface area (Å²) in [5.74, 6) is -3.61. The molecule has 0 aliphatic carbocycles. The van der Waals surface area contributed by atoms with Gasteiger partial charge in [0.15, 0.2) is 6.10 Å². The number of esters is 2. The third kappa shape index (κ3) is 15.0. The van der Waals surface area contributed by atoms with Crippen LogP contribution in [0.4, 0.5) is 0 Å². The minimum absolute atomic E-state index is 0.0234. The van der Waals surface area contributed by atoms with Gasteiger partial charge in [-0.15, -0.1) is 12.3 Å². The van der Waals surface area contributed by atoms with E-state index in [2.05, 4.69) is 16.6 Å². The van der Waals surface area contributed by atoms with E-state index in [1.54, 1.807) is 45.0 Å². The zero-order valence-electron chi connectivity index (χ0n) is 37.9. The van der Waals surface area contributed by atoms with E-state index in [-0.39, 0.29) is 24.3 Å². The molecule has 0 fully saturated rings. The van der Waals surface area contributed by atoms with Gasteiger partial charge in [0.25, 0.3) is 5.91 Å². The summed E-state index contributed by atoms with van der Waals surface area (Å²) in [6, 6.07) is 4.54. The highest BCUT2D eigenvalue weighted by molar-refractivity contribution is 5.96. The lowest BCUT2D eigenvalue weighted by molar-refractivity contribution is -0.162. The van der Waals surface area contributed by atoms with E-state index < -0.39 is 102 Å². The van der Waals surface area contributed by atoms with E-state index in [0.29, 0.717) is 32.1 Å². The quantitative estimate of drug-likeness (QED) is 0.169. The van der Waals surface area contributed by atoms with Crippen LogP contribution < -0.4 is 10.6 Å². The van der Waals surface area contributed by atoms with E-state index in [1.165, 1.54) is 62.7 Å². The molecule has 1 aromatic carbocycles. The Kier molecular flexibility index (Phi) is 21.2. The molecular formula is C46H69N5O10. The van der Waals surface area contributed by atoms with Crippen LogP contribution in [0.1, 0.15) is 99.5 Å². The number of hydrogen-bond donors (Lipinski definition) is 3. The van der Waals surface area contributed by atoms with Crippen LogP contribution in [0.15, 0.2) is 42.0 Å². The third-order valence-corrected chi connectivity index (χ3v) is 11.8. The standard InChI is InChI=1S/C46H69N5O10/c1-13-16-18-23-36(52)31(7)37-25-24-30(6)45(58)61-40(29(5)15-3)41(54)47-32(8)42(55)51(12)35(26-34-21-19-17-20-22-34)43(56)49(10)27-38(53)48-39(28(4)14-2)44(57)50(11)33(9)46(59)60-37/h1,17,19-22,24,28-29,31-33,35-37,39-40,52H,14-16,18,23,25-27H2,2-12H3,(H,47,54)(H,48,53). The zero-order chi connectivity index (χ0) is 46.1. The van der Waals surface area contributed by atoms with E-state index in [9.17, 15) is 38.7 Å². The second-order valence-electron chi connectivity index (χ2n) is 16.5. The molecule has 1 heterocycles. The molecule has 2 rings (SSSR count). The zero-order valence-corrected chi connectivity index (χ0v) is 37.9. The molecule has 15 nitrogen and oxygen atoms in total. The number of nitrogens with zero attached hydrogens (tertiary/aromatic N) is 3. The number of cyclic esters (lactones) is 2. The van der Waals surface area contributed by atoms with Crippen molar-refractivity contribution in [3.63, 3.8) is 0 Å². The maximum absolute atomic E-state index is 14.2. The van der Waals surface area contributed by atoms with Gasteiger partial charge in [-0.25, -0.2) is 9.59 Å². The Bertz CT molecular complexity index is 1740. The summed E-state index contributed by atoms with van der Waals surface area (Å²) >= 11 is 0. The van der Waals surface area contributed by atoms with Crippen molar-refractivity contribution in [2.45, 2.75) is 143 Å². The van der Waals surface area contributed by atoms with Gasteiger partial charge in [0.1, 0.15) is 30.3 Å². The molecule has 15 heteroatoms. The Morgan fingerprint density at radius 1 is 0.869 bits per heavy atom. The van der Waals surface area contributed by atoms with Gasteiger partial charge in [-0.2, -0.15) is 0 Å². The van der Waals surface area contributed by atoms with Crippen LogP contribution in [0.2, 0.25) is 0 Å². The number of carbonyl (C=O) groups is 7. The van der Waals surface area contributed by atoms with E-state index in [0.717, 1.165) is 5.56 Å². The van der Waals surface area contributed by atoms with Gasteiger partial charge >= 0.3 is 11.9 Å². The second-order valence-corrected chi connectivity index (χ2v) is 16.5. The van der Waals surface area contributed by atoms with Crippen molar-refractivity contribution < 1.29 is 48.1 Å². The summed E-state index contributed by atoms with van der Waals surface area (Å²) in [7, 11) is 4.29. The average Bonchev–Trinajstić information content (AvgIpc) is 3.25. The van der Waals surface area contributed by atoms with Crippen molar-refractivity contribution in [1.29, 1.82) is 0 Å². The first-order chi connectivity index (χ1) is 28.7. The van der Waals surface area contributed by atoms with Crippen LogP contribution in [-0.2, 0) is 49.5 Å². The van der Waals surface area contributed by atoms with Crippen LogP contribution in [-0.4, -0.2) is 131 Å². The van der Waals surface area contributed by atoms with E-state index in [1.807, 2.05) is 19.9 Å². The minimum atomic E-state index is -1.29. The fraction of sp³-hybridized carbons (Fsp3) is 0.630. The summed E-state index contributed by atoms with van der Waals surface area (Å²) in [5.41, 5.74) is 0.846. The molecular weight excluding hydrogens is 783 g/mol. The number of aliphatic hydroxyl groups is 1. The average molecular weight is 852 g/mol. The van der Waals surface area contributed by atoms with Crippen molar-refractivity contribution >= 4 is 41.5 Å². The molecule has 3 N–H and O–H groups in total. The molecule has 1 aromatic rings. The predicted octanol–water partition coefficient (Wildman–Crippen LogP) is 3.42. The highest BCUT2D eigenvalue weighted by Crippen LogP contribution is 2.24. The number of rotatable bonds is 11. The molecule has 0 bridgehead atoms. The number of terminal acetylenes is 1. The molecule has 1 aliphatic rings. The molecule has 0 saturated carbocycles. The number of ether oxygens (including phenoxy) is 2. The molecule has 0 spiro atoms. The summed E-state index contributed by atoms with van der Waals surface area (Å²) < 4.78 is 11.7. The van der Waals surface area contributed by atoms with Crippen molar-refractivity contribution in [2.75, 3.05) is 27.7 Å². The van der Waals surface area contributed by atoms with Crippen LogP contribution >= 0.6 is 0 Å². The highest BCUT2D eigenvalue weighted by Gasteiger charge is 2.38. The number of benzene rings is 1. The molecule has 338 valence electrons. The van der Waals surface area contributed by atoms with Crippen molar-refractivity contribution in [1.82, 2.24) is 25.3 Å². The van der Waals surface area contributed by atoms with Gasteiger partial charge in [0.2, 0.25) is 23.6 Å². The molecule has 61 heavy (non-hydrogen) atoms. The topological polar surface area (TPSA) is 192 Å². The number of unbranched alkanes of at least 4 members (excludes halogenated alkanes) is 1. The van der Waals surface area contributed by atoms with Crippen LogP contribution in [0.25, 0.3) is 0 Å². The fourth-order valence-electron chi connectivity index (χ4n) is 6.83. The number of carbonyl (C=O) groups excluding carboxylic acids is 7. The molecule has 5 amide bonds. The Morgan fingerprint density at radius 2 is 1.49 bits per heavy atom. The number of aliphatic hydroxyl groups excluding tert-OH is 1. The second kappa shape index (κ2) is 24.9. The first kappa shape index (κ1) is 51.9. The minimum Gasteiger partial charge on any atom is -0.460 e. The molecule has 0 aromatic heterocycles. The van der Waals surface area contributed by atoms with Gasteiger partial charge in [0.05, 0.1) is 12.6 Å². The van der Waals surface area contributed by atoms with E-state index in [4.69, 9.17) is 15.9 Å². The monoisotopic (exact) mass is 852 g/mol. The molecule has 1 aliphatic heterocycles. The molecule has 10 atom stereocenters. The van der Waals surface area contributed by atoms with Crippen LogP contribution in [0, 0.1) is 30.1 Å². The number of amides is 5. The number of nitrogens with one attached hydrogen (secondary N) is 2. The van der Waals surface area contributed by atoms with Gasteiger partial charge < -0.3 is 39.9 Å². The fourth-order valence-corrected chi connectivity index (χ4v) is 6.83. The normalized spacial score (nSPS) is 25.8. The van der Waals surface area contributed by atoms with Gasteiger partial charge in [0, 0.05) is 57.8 Å². The first-order valence-corrected chi connectivity index (χ1v) is 21.3. The van der Waals surface area contributed by atoms with Crippen molar-refractivity contribution in [2.24, 2.45) is 17.8 Å². The Labute approximate surface area is 362 Å². The SMILES string of the molecule is C#CCCCC(O)C(C)C1CC=C(C)C(=O)OC(C(C)CC)C(=O)NC(C)C(=O)N(C)C(Cc2ccccc2)C(=O)N(C)CC(=O)NC(C(C)CC)C(=O)N(C)C(C)C(=O)O1. The molecule has 0 saturated heterocycles. The lowest BCUT2D eigenvalue weighted by Crippen LogP contribution is -2.58. The lowest BCUT2D eigenvalue weighted by Gasteiger charge is -2.34. The molecule has 0 radical (unpaired) electrons. The third-order valence-electron chi connectivity index (χ3n) is 11.8. The van der Waals surface area contributed by atoms with Gasteiger partial charge in [-0.3, -0.25) is 24.0 Å². The summed E-state index contributed by atoms with van der Waals surface area (Å²) in [6.45, 7) is 12.9. The Hall–Kier alpha value is -5.23. The number of likely N-dealkylation sites (N-methyl/N-ethyl adjacent to an activating group) is 3. The summed E-state index contributed by atoms with van der Waals surface area (Å²) in [4.78, 5) is 101. The smallest absolute Gasteiger partial charge is 0.334 e. The summed E-state index contributed by atoms with van der Waals surface area (Å²) in [5, 5.41) is 16.5. The number of hydrogen-bond acceptors (Lipinski definition) is 10. The lowest BCUT2D eigenvalue weighted by atomic mass is 9.91. The summed E-state index contributed by atoms with van der Waals surface area (Å²) in [6.07, 6.45) is 6.01.